The quantitative estimate of drug-likeness (QED) is 0.832. The van der Waals surface area contributed by atoms with Gasteiger partial charge in [0, 0.05) is 7.05 Å². The smallest absolute Gasteiger partial charge is 0.250 e. The predicted molar refractivity (Wildman–Crippen MR) is 64.1 cm³/mol. The topological polar surface area (TPSA) is 67.1 Å². The number of hydrogen-bond acceptors (Lipinski definition) is 5. The van der Waals surface area contributed by atoms with E-state index in [1.54, 1.807) is 4.68 Å². The van der Waals surface area contributed by atoms with Gasteiger partial charge in [0.2, 0.25) is 5.95 Å². The van der Waals surface area contributed by atoms with Crippen molar-refractivity contribution in [3.05, 3.63) is 30.3 Å². The lowest BCUT2D eigenvalue weighted by Gasteiger charge is -2.23. The van der Waals surface area contributed by atoms with Crippen LogP contribution in [0.1, 0.15) is 6.92 Å². The van der Waals surface area contributed by atoms with Crippen LogP contribution in [0.5, 0.6) is 0 Å². The molecule has 2 aromatic rings. The van der Waals surface area contributed by atoms with Gasteiger partial charge in [-0.3, -0.25) is 0 Å². The van der Waals surface area contributed by atoms with Crippen molar-refractivity contribution in [1.29, 1.82) is 0 Å². The van der Waals surface area contributed by atoms with Crippen LogP contribution in [-0.2, 0) is 0 Å². The normalized spacial score (nSPS) is 12.4. The van der Waals surface area contributed by atoms with Gasteiger partial charge in [-0.25, -0.2) is 0 Å². The van der Waals surface area contributed by atoms with Gasteiger partial charge in [0.1, 0.15) is 0 Å². The second-order valence-corrected chi connectivity index (χ2v) is 3.87. The molecule has 1 aromatic carbocycles. The molecule has 0 radical (unpaired) electrons. The Labute approximate surface area is 99.5 Å². The highest BCUT2D eigenvalue weighted by Crippen LogP contribution is 2.15. The zero-order valence-electron chi connectivity index (χ0n) is 9.85. The molecule has 6 nitrogen and oxygen atoms in total. The molecular weight excluding hydrogens is 218 g/mol. The third-order valence-corrected chi connectivity index (χ3v) is 2.69. The van der Waals surface area contributed by atoms with E-state index in [-0.39, 0.29) is 12.6 Å². The highest BCUT2D eigenvalue weighted by atomic mass is 16.3. The van der Waals surface area contributed by atoms with E-state index in [0.717, 1.165) is 5.69 Å². The van der Waals surface area contributed by atoms with E-state index < -0.39 is 0 Å². The van der Waals surface area contributed by atoms with E-state index in [4.69, 9.17) is 5.11 Å². The van der Waals surface area contributed by atoms with Crippen molar-refractivity contribution >= 4 is 5.95 Å². The Morgan fingerprint density at radius 2 is 2.06 bits per heavy atom. The number of para-hydroxylation sites is 1. The van der Waals surface area contributed by atoms with Crippen LogP contribution >= 0.6 is 0 Å². The standard InChI is InChI=1S/C11H15N5O/c1-9(8-17)15(2)11-12-13-14-16(11)10-6-4-3-5-7-10/h3-7,9,17H,8H2,1-2H3. The summed E-state index contributed by atoms with van der Waals surface area (Å²) in [5, 5.41) is 20.8. The molecule has 0 amide bonds. The Kier molecular flexibility index (Phi) is 3.34. The number of tetrazole rings is 1. The second kappa shape index (κ2) is 4.92. The van der Waals surface area contributed by atoms with E-state index in [1.807, 2.05) is 49.2 Å². The Balaban J connectivity index is 2.35. The summed E-state index contributed by atoms with van der Waals surface area (Å²) in [6.45, 7) is 1.96. The molecule has 1 unspecified atom stereocenters. The van der Waals surface area contributed by atoms with Crippen LogP contribution in [0.25, 0.3) is 5.69 Å². The van der Waals surface area contributed by atoms with Gasteiger partial charge < -0.3 is 10.0 Å². The molecule has 1 N–H and O–H groups in total. The fraction of sp³-hybridized carbons (Fsp3) is 0.364. The van der Waals surface area contributed by atoms with Crippen molar-refractivity contribution in [3.8, 4) is 5.69 Å². The Morgan fingerprint density at radius 1 is 1.35 bits per heavy atom. The molecule has 0 bridgehead atoms. The fourth-order valence-corrected chi connectivity index (χ4v) is 1.46. The van der Waals surface area contributed by atoms with Crippen LogP contribution in [0.3, 0.4) is 0 Å². The molecule has 0 fully saturated rings. The zero-order chi connectivity index (χ0) is 12.3. The molecule has 0 aliphatic heterocycles. The summed E-state index contributed by atoms with van der Waals surface area (Å²) in [6, 6.07) is 9.61. The summed E-state index contributed by atoms with van der Waals surface area (Å²) < 4.78 is 1.64. The first-order chi connectivity index (χ1) is 8.24. The summed E-state index contributed by atoms with van der Waals surface area (Å²) >= 11 is 0. The molecule has 1 heterocycles. The minimum Gasteiger partial charge on any atom is -0.394 e. The van der Waals surface area contributed by atoms with Gasteiger partial charge in [0.05, 0.1) is 18.3 Å². The summed E-state index contributed by atoms with van der Waals surface area (Å²) in [5.74, 6) is 0.609. The van der Waals surface area contributed by atoms with Crippen molar-refractivity contribution < 1.29 is 5.11 Å². The van der Waals surface area contributed by atoms with Crippen LogP contribution in [0.4, 0.5) is 5.95 Å². The summed E-state index contributed by atoms with van der Waals surface area (Å²) in [7, 11) is 1.85. The van der Waals surface area contributed by atoms with Crippen LogP contribution < -0.4 is 4.90 Å². The van der Waals surface area contributed by atoms with E-state index in [2.05, 4.69) is 15.5 Å². The number of likely N-dealkylation sites (N-methyl/N-ethyl adjacent to an activating group) is 1. The van der Waals surface area contributed by atoms with Gasteiger partial charge in [-0.15, -0.1) is 0 Å². The van der Waals surface area contributed by atoms with Gasteiger partial charge in [-0.05, 0) is 29.5 Å². The lowest BCUT2D eigenvalue weighted by Crippen LogP contribution is -2.34. The maximum atomic E-state index is 9.15. The molecule has 1 aromatic heterocycles. The number of benzene rings is 1. The highest BCUT2D eigenvalue weighted by Gasteiger charge is 2.16. The molecule has 2 rings (SSSR count). The molecule has 1 atom stereocenters. The lowest BCUT2D eigenvalue weighted by atomic mass is 10.3. The first-order valence-corrected chi connectivity index (χ1v) is 5.41. The van der Waals surface area contributed by atoms with Crippen molar-refractivity contribution in [2.45, 2.75) is 13.0 Å². The predicted octanol–water partition coefficient (Wildman–Crippen LogP) is 0.479. The Hall–Kier alpha value is -1.95. The number of aromatic nitrogens is 4. The third kappa shape index (κ3) is 2.26. The minimum absolute atomic E-state index is 0.0385. The van der Waals surface area contributed by atoms with E-state index in [9.17, 15) is 0 Å². The number of nitrogens with zero attached hydrogens (tertiary/aromatic N) is 5. The number of rotatable bonds is 4. The molecule has 0 saturated carbocycles. The lowest BCUT2D eigenvalue weighted by molar-refractivity contribution is 0.269. The van der Waals surface area contributed by atoms with Crippen molar-refractivity contribution in [3.63, 3.8) is 0 Å². The van der Waals surface area contributed by atoms with Gasteiger partial charge >= 0.3 is 0 Å². The average molecular weight is 233 g/mol. The van der Waals surface area contributed by atoms with E-state index >= 15 is 0 Å². The van der Waals surface area contributed by atoms with Crippen LogP contribution in [0, 0.1) is 0 Å². The van der Waals surface area contributed by atoms with Gasteiger partial charge in [-0.2, -0.15) is 4.68 Å². The van der Waals surface area contributed by atoms with Gasteiger partial charge in [0.15, 0.2) is 0 Å². The van der Waals surface area contributed by atoms with Crippen LogP contribution in [0.2, 0.25) is 0 Å². The number of anilines is 1. The number of hydrogen-bond donors (Lipinski definition) is 1. The molecule has 0 saturated heterocycles. The van der Waals surface area contributed by atoms with Crippen molar-refractivity contribution in [1.82, 2.24) is 20.2 Å². The van der Waals surface area contributed by atoms with Crippen molar-refractivity contribution in [2.75, 3.05) is 18.6 Å². The molecule has 0 spiro atoms. The molecule has 0 aliphatic carbocycles. The van der Waals surface area contributed by atoms with E-state index in [0.29, 0.717) is 5.95 Å². The first kappa shape index (κ1) is 11.5. The Bertz CT molecular complexity index is 470. The third-order valence-electron chi connectivity index (χ3n) is 2.69. The largest absolute Gasteiger partial charge is 0.394 e. The van der Waals surface area contributed by atoms with E-state index in [1.165, 1.54) is 0 Å². The molecule has 90 valence electrons. The van der Waals surface area contributed by atoms with Crippen LogP contribution in [0.15, 0.2) is 30.3 Å². The summed E-state index contributed by atoms with van der Waals surface area (Å²) in [5.41, 5.74) is 0.893. The highest BCUT2D eigenvalue weighted by molar-refractivity contribution is 5.40. The zero-order valence-corrected chi connectivity index (χ0v) is 9.85. The maximum Gasteiger partial charge on any atom is 0.250 e. The maximum absolute atomic E-state index is 9.15. The first-order valence-electron chi connectivity index (χ1n) is 5.41. The second-order valence-electron chi connectivity index (χ2n) is 3.87. The monoisotopic (exact) mass is 233 g/mol. The number of aliphatic hydroxyl groups excluding tert-OH is 1. The molecule has 6 heteroatoms. The summed E-state index contributed by atoms with van der Waals surface area (Å²) in [6.07, 6.45) is 0. The summed E-state index contributed by atoms with van der Waals surface area (Å²) in [4.78, 5) is 1.84. The number of aliphatic hydroxyl groups is 1. The Morgan fingerprint density at radius 3 is 2.71 bits per heavy atom. The van der Waals surface area contributed by atoms with Crippen LogP contribution in [-0.4, -0.2) is 45.0 Å². The van der Waals surface area contributed by atoms with Gasteiger partial charge in [0.25, 0.3) is 0 Å². The average Bonchev–Trinajstić information content (AvgIpc) is 2.87. The minimum atomic E-state index is -0.0385. The molecule has 0 aliphatic rings. The molecule has 17 heavy (non-hydrogen) atoms. The fourth-order valence-electron chi connectivity index (χ4n) is 1.46. The molecular formula is C11H15N5O. The van der Waals surface area contributed by atoms with Crippen molar-refractivity contribution in [2.24, 2.45) is 0 Å². The SMILES string of the molecule is CC(CO)N(C)c1nnnn1-c1ccccc1. The van der Waals surface area contributed by atoms with Gasteiger partial charge in [-0.1, -0.05) is 23.3 Å².